The van der Waals surface area contributed by atoms with Crippen LogP contribution in [0, 0.1) is 5.92 Å². The number of para-hydroxylation sites is 1. The van der Waals surface area contributed by atoms with E-state index in [4.69, 9.17) is 4.74 Å². The van der Waals surface area contributed by atoms with Crippen molar-refractivity contribution in [1.29, 1.82) is 0 Å². The highest BCUT2D eigenvalue weighted by molar-refractivity contribution is 9.10. The van der Waals surface area contributed by atoms with Gasteiger partial charge in [0.2, 0.25) is 5.91 Å². The fourth-order valence-electron chi connectivity index (χ4n) is 2.81. The smallest absolute Gasteiger partial charge is 0.311 e. The third kappa shape index (κ3) is 5.41. The first-order chi connectivity index (χ1) is 13.9. The van der Waals surface area contributed by atoms with Crippen molar-refractivity contribution in [3.8, 4) is 0 Å². The number of halogens is 1. The molecule has 1 atom stereocenters. The Labute approximate surface area is 175 Å². The van der Waals surface area contributed by atoms with Crippen molar-refractivity contribution in [2.75, 3.05) is 18.1 Å². The molecular weight excluding hydrogens is 442 g/mol. The molecule has 8 nitrogen and oxygen atoms in total. The molecule has 150 valence electrons. The van der Waals surface area contributed by atoms with Crippen molar-refractivity contribution in [2.24, 2.45) is 5.92 Å². The summed E-state index contributed by atoms with van der Waals surface area (Å²) >= 11 is 3.27. The number of esters is 1. The molecule has 2 N–H and O–H groups in total. The van der Waals surface area contributed by atoms with E-state index in [0.29, 0.717) is 11.3 Å². The van der Waals surface area contributed by atoms with Crippen molar-refractivity contribution < 1.29 is 23.9 Å². The van der Waals surface area contributed by atoms with Crippen LogP contribution in [0.3, 0.4) is 0 Å². The predicted molar refractivity (Wildman–Crippen MR) is 108 cm³/mol. The Morgan fingerprint density at radius 2 is 1.72 bits per heavy atom. The van der Waals surface area contributed by atoms with Crippen LogP contribution >= 0.6 is 15.9 Å². The minimum atomic E-state index is -0.687. The summed E-state index contributed by atoms with van der Waals surface area (Å²) in [7, 11) is 0. The van der Waals surface area contributed by atoms with Gasteiger partial charge in [0.25, 0.3) is 11.8 Å². The molecule has 1 fully saturated rings. The number of hydrogen-bond acceptors (Lipinski definition) is 5. The first kappa shape index (κ1) is 20.5. The summed E-state index contributed by atoms with van der Waals surface area (Å²) in [6.45, 7) is -0.362. The summed E-state index contributed by atoms with van der Waals surface area (Å²) in [4.78, 5) is 49.6. The number of nitrogens with one attached hydrogen (secondary N) is 2. The second-order valence-electron chi connectivity index (χ2n) is 6.36. The zero-order valence-corrected chi connectivity index (χ0v) is 16.8. The summed E-state index contributed by atoms with van der Waals surface area (Å²) in [5.41, 5.74) is 5.49. The monoisotopic (exact) mass is 459 g/mol. The Morgan fingerprint density at radius 1 is 1.03 bits per heavy atom. The first-order valence-corrected chi connectivity index (χ1v) is 9.60. The molecule has 0 aliphatic carbocycles. The standard InChI is InChI=1S/C20H18BrN3O5/c21-15-8-6-13(7-9-15)19(27)23-22-17(25)12-29-20(28)14-10-18(26)24(11-14)16-4-2-1-3-5-16/h1-9,14H,10-12H2,(H,22,25)(H,23,27)/t14-/m0/s1. The topological polar surface area (TPSA) is 105 Å². The summed E-state index contributed by atoms with van der Waals surface area (Å²) in [6.07, 6.45) is 0.0235. The Hall–Kier alpha value is -3.20. The molecule has 0 bridgehead atoms. The van der Waals surface area contributed by atoms with Gasteiger partial charge in [0.05, 0.1) is 5.92 Å². The van der Waals surface area contributed by atoms with E-state index in [0.717, 1.165) is 4.47 Å². The number of hydrazine groups is 1. The molecule has 2 aromatic carbocycles. The fraction of sp³-hybridized carbons (Fsp3) is 0.200. The average Bonchev–Trinajstić information content (AvgIpc) is 3.13. The maximum Gasteiger partial charge on any atom is 0.311 e. The van der Waals surface area contributed by atoms with Crippen LogP contribution in [0.1, 0.15) is 16.8 Å². The van der Waals surface area contributed by atoms with Gasteiger partial charge in [-0.1, -0.05) is 34.1 Å². The number of anilines is 1. The van der Waals surface area contributed by atoms with Gasteiger partial charge >= 0.3 is 5.97 Å². The SMILES string of the molecule is O=C(COC(=O)[C@H]1CC(=O)N(c2ccccc2)C1)NNC(=O)c1ccc(Br)cc1. The van der Waals surface area contributed by atoms with Gasteiger partial charge in [-0.05, 0) is 36.4 Å². The lowest BCUT2D eigenvalue weighted by molar-refractivity contribution is -0.152. The summed E-state index contributed by atoms with van der Waals surface area (Å²) in [5.74, 6) is -2.64. The minimum Gasteiger partial charge on any atom is -0.455 e. The normalized spacial score (nSPS) is 15.7. The van der Waals surface area contributed by atoms with E-state index in [1.165, 1.54) is 4.90 Å². The van der Waals surface area contributed by atoms with Crippen LogP contribution in [0.4, 0.5) is 5.69 Å². The molecule has 3 rings (SSSR count). The highest BCUT2D eigenvalue weighted by Gasteiger charge is 2.36. The molecule has 1 heterocycles. The number of ether oxygens (including phenoxy) is 1. The summed E-state index contributed by atoms with van der Waals surface area (Å²) < 4.78 is 5.81. The molecule has 1 aliphatic heterocycles. The van der Waals surface area contributed by atoms with Crippen LogP contribution in [-0.4, -0.2) is 36.8 Å². The Kier molecular flexibility index (Phi) is 6.61. The van der Waals surface area contributed by atoms with Gasteiger partial charge in [0.1, 0.15) is 0 Å². The number of nitrogens with zero attached hydrogens (tertiary/aromatic N) is 1. The van der Waals surface area contributed by atoms with Crippen LogP contribution in [0.5, 0.6) is 0 Å². The second kappa shape index (κ2) is 9.33. The molecule has 0 aromatic heterocycles. The third-order valence-corrected chi connectivity index (χ3v) is 4.82. The second-order valence-corrected chi connectivity index (χ2v) is 7.27. The van der Waals surface area contributed by atoms with E-state index in [1.54, 1.807) is 48.5 Å². The molecule has 9 heteroatoms. The van der Waals surface area contributed by atoms with Crippen LogP contribution in [0.2, 0.25) is 0 Å². The lowest BCUT2D eigenvalue weighted by Crippen LogP contribution is -2.43. The molecule has 0 unspecified atom stereocenters. The molecule has 0 spiro atoms. The summed E-state index contributed by atoms with van der Waals surface area (Å²) in [5, 5.41) is 0. The van der Waals surface area contributed by atoms with Crippen molar-refractivity contribution in [3.63, 3.8) is 0 Å². The highest BCUT2D eigenvalue weighted by Crippen LogP contribution is 2.25. The molecule has 0 radical (unpaired) electrons. The van der Waals surface area contributed by atoms with Gasteiger partial charge in [-0.2, -0.15) is 0 Å². The van der Waals surface area contributed by atoms with E-state index in [1.807, 2.05) is 6.07 Å². The quantitative estimate of drug-likeness (QED) is 0.523. The highest BCUT2D eigenvalue weighted by atomic mass is 79.9. The molecule has 0 saturated carbocycles. The Morgan fingerprint density at radius 3 is 2.41 bits per heavy atom. The maximum absolute atomic E-state index is 12.2. The van der Waals surface area contributed by atoms with Gasteiger partial charge in [-0.3, -0.25) is 30.0 Å². The number of rotatable bonds is 5. The zero-order chi connectivity index (χ0) is 20.8. The number of carbonyl (C=O) groups excluding carboxylic acids is 4. The Balaban J connectivity index is 1.43. The van der Waals surface area contributed by atoms with Gasteiger partial charge in [0.15, 0.2) is 6.61 Å². The molecule has 2 aromatic rings. The average molecular weight is 460 g/mol. The van der Waals surface area contributed by atoms with Crippen LogP contribution in [0.25, 0.3) is 0 Å². The number of carbonyl (C=O) groups is 4. The Bertz CT molecular complexity index is 917. The van der Waals surface area contributed by atoms with E-state index in [9.17, 15) is 19.2 Å². The van der Waals surface area contributed by atoms with E-state index < -0.39 is 30.3 Å². The molecule has 29 heavy (non-hydrogen) atoms. The maximum atomic E-state index is 12.2. The number of amides is 3. The van der Waals surface area contributed by atoms with Gasteiger partial charge in [-0.15, -0.1) is 0 Å². The van der Waals surface area contributed by atoms with E-state index in [2.05, 4.69) is 26.8 Å². The van der Waals surface area contributed by atoms with Crippen molar-refractivity contribution >= 4 is 45.3 Å². The number of benzene rings is 2. The van der Waals surface area contributed by atoms with E-state index >= 15 is 0 Å². The van der Waals surface area contributed by atoms with Crippen LogP contribution in [0.15, 0.2) is 59.1 Å². The molecule has 1 saturated heterocycles. The van der Waals surface area contributed by atoms with Crippen LogP contribution in [-0.2, 0) is 19.1 Å². The number of hydrogen-bond donors (Lipinski definition) is 2. The van der Waals surface area contributed by atoms with Gasteiger partial charge < -0.3 is 9.64 Å². The fourth-order valence-corrected chi connectivity index (χ4v) is 3.08. The molecule has 3 amide bonds. The minimum absolute atomic E-state index is 0.0235. The molecule has 1 aliphatic rings. The summed E-state index contributed by atoms with van der Waals surface area (Å²) in [6, 6.07) is 15.6. The van der Waals surface area contributed by atoms with Gasteiger partial charge in [-0.25, -0.2) is 0 Å². The van der Waals surface area contributed by atoms with Gasteiger partial charge in [0, 0.05) is 28.7 Å². The largest absolute Gasteiger partial charge is 0.455 e. The first-order valence-electron chi connectivity index (χ1n) is 8.81. The van der Waals surface area contributed by atoms with E-state index in [-0.39, 0.29) is 18.9 Å². The van der Waals surface area contributed by atoms with Crippen molar-refractivity contribution in [2.45, 2.75) is 6.42 Å². The third-order valence-electron chi connectivity index (χ3n) is 4.29. The molecular formula is C20H18BrN3O5. The van der Waals surface area contributed by atoms with Crippen molar-refractivity contribution in [1.82, 2.24) is 10.9 Å². The predicted octanol–water partition coefficient (Wildman–Crippen LogP) is 1.81. The van der Waals surface area contributed by atoms with Crippen LogP contribution < -0.4 is 15.8 Å². The zero-order valence-electron chi connectivity index (χ0n) is 15.3. The van der Waals surface area contributed by atoms with Crippen molar-refractivity contribution in [3.05, 3.63) is 64.6 Å². The lowest BCUT2D eigenvalue weighted by Gasteiger charge is -2.16. The lowest BCUT2D eigenvalue weighted by atomic mass is 10.1.